The van der Waals surface area contributed by atoms with Crippen LogP contribution in [0.15, 0.2) is 10.7 Å². The van der Waals surface area contributed by atoms with Crippen LogP contribution in [-0.2, 0) is 0 Å². The van der Waals surface area contributed by atoms with Crippen molar-refractivity contribution >= 4 is 33.3 Å². The Morgan fingerprint density at radius 2 is 2.18 bits per heavy atom. The van der Waals surface area contributed by atoms with Crippen LogP contribution in [0, 0.1) is 0 Å². The predicted octanol–water partition coefficient (Wildman–Crippen LogP) is 3.00. The first-order valence-corrected chi connectivity index (χ1v) is 6.80. The van der Waals surface area contributed by atoms with Crippen molar-refractivity contribution in [3.63, 3.8) is 0 Å². The number of nitrogens with one attached hydrogen (secondary N) is 1. The van der Waals surface area contributed by atoms with Gasteiger partial charge in [0.25, 0.3) is 0 Å². The second-order valence-corrected chi connectivity index (χ2v) is 5.94. The molecule has 0 aromatic carbocycles. The standard InChI is InChI=1S/C11H15BrClN3O/c1-11(17)4-2-7(3-5-11)15-9-8(12)6-14-10(13)16-9/h6-7,17H,2-5H2,1H3,(H,14,15,16)/t7-,11+. The molecular formula is C11H15BrClN3O. The van der Waals surface area contributed by atoms with Crippen molar-refractivity contribution in [3.8, 4) is 0 Å². The second-order valence-electron chi connectivity index (χ2n) is 4.75. The number of anilines is 1. The van der Waals surface area contributed by atoms with E-state index in [1.807, 2.05) is 6.92 Å². The lowest BCUT2D eigenvalue weighted by Crippen LogP contribution is -2.36. The first kappa shape index (κ1) is 13.1. The van der Waals surface area contributed by atoms with Gasteiger partial charge in [0.05, 0.1) is 10.1 Å². The summed E-state index contributed by atoms with van der Waals surface area (Å²) in [4.78, 5) is 8.02. The molecular weight excluding hydrogens is 305 g/mol. The van der Waals surface area contributed by atoms with Gasteiger partial charge in [0.15, 0.2) is 0 Å². The molecule has 0 spiro atoms. The zero-order chi connectivity index (χ0) is 12.5. The van der Waals surface area contributed by atoms with E-state index in [1.165, 1.54) is 0 Å². The van der Waals surface area contributed by atoms with Crippen LogP contribution in [0.5, 0.6) is 0 Å². The number of nitrogens with zero attached hydrogens (tertiary/aromatic N) is 2. The average Bonchev–Trinajstić information content (AvgIpc) is 2.26. The molecule has 17 heavy (non-hydrogen) atoms. The Morgan fingerprint density at radius 3 is 2.82 bits per heavy atom. The number of halogens is 2. The zero-order valence-electron chi connectivity index (χ0n) is 9.58. The van der Waals surface area contributed by atoms with E-state index in [9.17, 15) is 5.11 Å². The molecule has 1 aliphatic rings. The molecule has 1 saturated carbocycles. The van der Waals surface area contributed by atoms with Crippen LogP contribution in [0.2, 0.25) is 5.28 Å². The fraction of sp³-hybridized carbons (Fsp3) is 0.636. The molecule has 1 aromatic heterocycles. The van der Waals surface area contributed by atoms with Crippen LogP contribution in [0.3, 0.4) is 0 Å². The van der Waals surface area contributed by atoms with Crippen LogP contribution in [0.4, 0.5) is 5.82 Å². The maximum Gasteiger partial charge on any atom is 0.224 e. The van der Waals surface area contributed by atoms with Gasteiger partial charge >= 0.3 is 0 Å². The fourth-order valence-corrected chi connectivity index (χ4v) is 2.46. The number of aromatic nitrogens is 2. The lowest BCUT2D eigenvalue weighted by Gasteiger charge is -2.33. The highest BCUT2D eigenvalue weighted by molar-refractivity contribution is 9.10. The van der Waals surface area contributed by atoms with E-state index in [2.05, 4.69) is 31.2 Å². The third kappa shape index (κ3) is 3.53. The number of aliphatic hydroxyl groups is 1. The van der Waals surface area contributed by atoms with Crippen molar-refractivity contribution in [1.29, 1.82) is 0 Å². The van der Waals surface area contributed by atoms with Gasteiger partial charge in [0.2, 0.25) is 5.28 Å². The fourth-order valence-electron chi connectivity index (χ4n) is 2.02. The molecule has 2 rings (SSSR count). The van der Waals surface area contributed by atoms with Gasteiger partial charge in [-0.1, -0.05) is 0 Å². The molecule has 1 aromatic rings. The van der Waals surface area contributed by atoms with Gasteiger partial charge in [-0.05, 0) is 60.1 Å². The van der Waals surface area contributed by atoms with E-state index in [0.29, 0.717) is 6.04 Å². The molecule has 1 fully saturated rings. The molecule has 0 aliphatic heterocycles. The van der Waals surface area contributed by atoms with Crippen LogP contribution >= 0.6 is 27.5 Å². The quantitative estimate of drug-likeness (QED) is 0.823. The third-order valence-electron chi connectivity index (χ3n) is 3.12. The monoisotopic (exact) mass is 319 g/mol. The van der Waals surface area contributed by atoms with Gasteiger partial charge in [0, 0.05) is 12.2 Å². The van der Waals surface area contributed by atoms with Gasteiger partial charge in [-0.25, -0.2) is 4.98 Å². The molecule has 2 N–H and O–H groups in total. The smallest absolute Gasteiger partial charge is 0.224 e. The highest BCUT2D eigenvalue weighted by Crippen LogP contribution is 2.30. The van der Waals surface area contributed by atoms with E-state index < -0.39 is 5.60 Å². The first-order valence-electron chi connectivity index (χ1n) is 5.63. The first-order chi connectivity index (χ1) is 7.96. The maximum atomic E-state index is 9.87. The zero-order valence-corrected chi connectivity index (χ0v) is 11.9. The molecule has 1 aliphatic carbocycles. The third-order valence-corrected chi connectivity index (χ3v) is 3.88. The van der Waals surface area contributed by atoms with Crippen molar-refractivity contribution < 1.29 is 5.11 Å². The lowest BCUT2D eigenvalue weighted by atomic mass is 9.84. The Hall–Kier alpha value is -0.390. The molecule has 0 amide bonds. The molecule has 4 nitrogen and oxygen atoms in total. The van der Waals surface area contributed by atoms with Crippen LogP contribution in [0.1, 0.15) is 32.6 Å². The molecule has 6 heteroatoms. The summed E-state index contributed by atoms with van der Waals surface area (Å²) in [5.74, 6) is 0.719. The summed E-state index contributed by atoms with van der Waals surface area (Å²) in [5.41, 5.74) is -0.515. The maximum absolute atomic E-state index is 9.87. The highest BCUT2D eigenvalue weighted by Gasteiger charge is 2.28. The summed E-state index contributed by atoms with van der Waals surface area (Å²) in [6.45, 7) is 1.89. The van der Waals surface area contributed by atoms with Crippen LogP contribution in [-0.4, -0.2) is 26.7 Å². The lowest BCUT2D eigenvalue weighted by molar-refractivity contribution is 0.0196. The Balaban J connectivity index is 2.00. The average molecular weight is 321 g/mol. The predicted molar refractivity (Wildman–Crippen MR) is 71.2 cm³/mol. The molecule has 0 atom stereocenters. The summed E-state index contributed by atoms with van der Waals surface area (Å²) in [6, 6.07) is 0.331. The Labute approximate surface area is 114 Å². The van der Waals surface area contributed by atoms with E-state index in [-0.39, 0.29) is 5.28 Å². The summed E-state index contributed by atoms with van der Waals surface area (Å²) in [7, 11) is 0. The SMILES string of the molecule is C[C@]1(O)CC[C@@H](Nc2nc(Cl)ncc2Br)CC1. The Bertz CT molecular complexity index is 404. The van der Waals surface area contributed by atoms with E-state index in [4.69, 9.17) is 11.6 Å². The number of rotatable bonds is 2. The Morgan fingerprint density at radius 1 is 1.53 bits per heavy atom. The molecule has 0 unspecified atom stereocenters. The van der Waals surface area contributed by atoms with Crippen molar-refractivity contribution in [2.24, 2.45) is 0 Å². The van der Waals surface area contributed by atoms with Crippen molar-refractivity contribution in [2.45, 2.75) is 44.2 Å². The van der Waals surface area contributed by atoms with Crippen molar-refractivity contribution in [1.82, 2.24) is 9.97 Å². The van der Waals surface area contributed by atoms with E-state index in [1.54, 1.807) is 6.20 Å². The molecule has 0 radical (unpaired) electrons. The van der Waals surface area contributed by atoms with Gasteiger partial charge in [-0.15, -0.1) is 0 Å². The van der Waals surface area contributed by atoms with Gasteiger partial charge in [-0.2, -0.15) is 4.98 Å². The summed E-state index contributed by atoms with van der Waals surface area (Å²) in [5, 5.41) is 13.4. The highest BCUT2D eigenvalue weighted by atomic mass is 79.9. The number of hydrogen-bond donors (Lipinski definition) is 2. The van der Waals surface area contributed by atoms with Gasteiger partial charge in [0.1, 0.15) is 5.82 Å². The summed E-state index contributed by atoms with van der Waals surface area (Å²) < 4.78 is 0.805. The molecule has 0 saturated heterocycles. The van der Waals surface area contributed by atoms with Crippen LogP contribution in [0.25, 0.3) is 0 Å². The minimum absolute atomic E-state index is 0.235. The largest absolute Gasteiger partial charge is 0.390 e. The van der Waals surface area contributed by atoms with Crippen molar-refractivity contribution in [3.05, 3.63) is 16.0 Å². The normalized spacial score (nSPS) is 29.1. The minimum atomic E-state index is -0.515. The van der Waals surface area contributed by atoms with E-state index in [0.717, 1.165) is 36.0 Å². The summed E-state index contributed by atoms with van der Waals surface area (Å²) >= 11 is 9.14. The molecule has 94 valence electrons. The second kappa shape index (κ2) is 5.08. The van der Waals surface area contributed by atoms with Crippen molar-refractivity contribution in [2.75, 3.05) is 5.32 Å². The molecule has 1 heterocycles. The minimum Gasteiger partial charge on any atom is -0.390 e. The van der Waals surface area contributed by atoms with Gasteiger partial charge in [-0.3, -0.25) is 0 Å². The summed E-state index contributed by atoms with van der Waals surface area (Å²) in [6.07, 6.45) is 5.11. The van der Waals surface area contributed by atoms with Gasteiger partial charge < -0.3 is 10.4 Å². The van der Waals surface area contributed by atoms with Crippen LogP contribution < -0.4 is 5.32 Å². The van der Waals surface area contributed by atoms with E-state index >= 15 is 0 Å². The number of hydrogen-bond acceptors (Lipinski definition) is 4. The molecule has 0 bridgehead atoms. The topological polar surface area (TPSA) is 58.0 Å². The Kier molecular flexibility index (Phi) is 3.90.